The Morgan fingerprint density at radius 3 is 2.47 bits per heavy atom. The van der Waals surface area contributed by atoms with Gasteiger partial charge in [-0.1, -0.05) is 36.4 Å². The summed E-state index contributed by atoms with van der Waals surface area (Å²) in [5.74, 6) is 0.877. The molecule has 0 spiro atoms. The van der Waals surface area contributed by atoms with E-state index in [0.29, 0.717) is 11.3 Å². The number of thioether (sulfide) groups is 1. The molecule has 1 aliphatic rings. The van der Waals surface area contributed by atoms with E-state index in [1.165, 1.54) is 12.1 Å². The second-order valence-corrected chi connectivity index (χ2v) is 7.83. The summed E-state index contributed by atoms with van der Waals surface area (Å²) in [5, 5.41) is 8.31. The molecule has 2 aromatic carbocycles. The van der Waals surface area contributed by atoms with Crippen LogP contribution in [-0.4, -0.2) is 36.9 Å². The number of halogens is 3. The molecule has 1 heterocycles. The van der Waals surface area contributed by atoms with Crippen molar-refractivity contribution in [3.8, 4) is 0 Å². The third-order valence-electron chi connectivity index (χ3n) is 4.59. The highest BCUT2D eigenvalue weighted by atomic mass is 32.2. The fourth-order valence-corrected chi connectivity index (χ4v) is 4.07. The summed E-state index contributed by atoms with van der Waals surface area (Å²) < 4.78 is 43.9. The number of hydrogen-bond donors (Lipinski definition) is 0. The monoisotopic (exact) mass is 433 g/mol. The van der Waals surface area contributed by atoms with E-state index in [1.807, 2.05) is 31.3 Å². The number of methoxy groups -OCH3 is 1. The maximum Gasteiger partial charge on any atom is 0.416 e. The highest BCUT2D eigenvalue weighted by Crippen LogP contribution is 2.38. The van der Waals surface area contributed by atoms with Gasteiger partial charge in [0.2, 0.25) is 0 Å². The number of nitrogens with zero attached hydrogens (tertiary/aromatic N) is 3. The van der Waals surface area contributed by atoms with Gasteiger partial charge in [-0.15, -0.1) is 11.8 Å². The lowest BCUT2D eigenvalue weighted by Gasteiger charge is -2.18. The molecule has 0 saturated heterocycles. The van der Waals surface area contributed by atoms with Gasteiger partial charge in [0.25, 0.3) is 0 Å². The largest absolute Gasteiger partial charge is 0.416 e. The molecule has 0 radical (unpaired) electrons. The average molecular weight is 433 g/mol. The lowest BCUT2D eigenvalue weighted by atomic mass is 10.0. The number of rotatable bonds is 6. The molecule has 158 valence electrons. The Hall–Kier alpha value is -2.58. The van der Waals surface area contributed by atoms with Crippen molar-refractivity contribution in [3.05, 3.63) is 81.9 Å². The molecule has 0 fully saturated rings. The van der Waals surface area contributed by atoms with Crippen molar-refractivity contribution in [2.24, 2.45) is 10.2 Å². The van der Waals surface area contributed by atoms with Crippen molar-refractivity contribution in [2.45, 2.75) is 19.2 Å². The minimum atomic E-state index is -4.36. The fourth-order valence-electron chi connectivity index (χ4n) is 3.01. The Morgan fingerprint density at radius 1 is 1.17 bits per heavy atom. The lowest BCUT2D eigenvalue weighted by Crippen LogP contribution is -2.06. The zero-order valence-corrected chi connectivity index (χ0v) is 17.7. The summed E-state index contributed by atoms with van der Waals surface area (Å²) in [4.78, 5) is 3.21. The Labute approximate surface area is 178 Å². The predicted molar refractivity (Wildman–Crippen MR) is 116 cm³/mol. The zero-order chi connectivity index (χ0) is 21.7. The van der Waals surface area contributed by atoms with Gasteiger partial charge in [0.15, 0.2) is 0 Å². The molecule has 3 rings (SSSR count). The standard InChI is InChI=1S/C22H22F3N3OS/c1-15(16-8-10-18(11-9-16)22(23,24)25)27-26-12-17-6-4-5-7-19(17)21(29-3)20-13-28(2)14-30-20/h4-13,21H,14H2,1-3H3. The van der Waals surface area contributed by atoms with E-state index in [0.717, 1.165) is 34.0 Å². The van der Waals surface area contributed by atoms with Crippen LogP contribution in [0.4, 0.5) is 13.2 Å². The van der Waals surface area contributed by atoms with Crippen molar-refractivity contribution in [3.63, 3.8) is 0 Å². The van der Waals surface area contributed by atoms with E-state index in [-0.39, 0.29) is 6.10 Å². The van der Waals surface area contributed by atoms with Crippen LogP contribution >= 0.6 is 11.8 Å². The number of benzene rings is 2. The summed E-state index contributed by atoms with van der Waals surface area (Å²) in [6, 6.07) is 12.6. The van der Waals surface area contributed by atoms with Crippen molar-refractivity contribution >= 4 is 23.7 Å². The van der Waals surface area contributed by atoms with Crippen LogP contribution in [0, 0.1) is 0 Å². The van der Waals surface area contributed by atoms with Crippen LogP contribution in [0.3, 0.4) is 0 Å². The van der Waals surface area contributed by atoms with Gasteiger partial charge in [-0.2, -0.15) is 23.4 Å². The molecule has 1 atom stereocenters. The normalized spacial score (nSPS) is 16.3. The Balaban J connectivity index is 1.80. The van der Waals surface area contributed by atoms with Crippen LogP contribution in [-0.2, 0) is 10.9 Å². The summed E-state index contributed by atoms with van der Waals surface area (Å²) >= 11 is 1.73. The Kier molecular flexibility index (Phi) is 6.99. The van der Waals surface area contributed by atoms with E-state index < -0.39 is 11.7 Å². The van der Waals surface area contributed by atoms with Crippen LogP contribution in [0.15, 0.2) is 69.8 Å². The van der Waals surface area contributed by atoms with Crippen molar-refractivity contribution in [1.29, 1.82) is 0 Å². The minimum Gasteiger partial charge on any atom is -0.371 e. The first-order valence-electron chi connectivity index (χ1n) is 9.21. The molecule has 1 unspecified atom stereocenters. The quantitative estimate of drug-likeness (QED) is 0.432. The van der Waals surface area contributed by atoms with Crippen LogP contribution in [0.5, 0.6) is 0 Å². The van der Waals surface area contributed by atoms with Crippen molar-refractivity contribution in [2.75, 3.05) is 20.0 Å². The van der Waals surface area contributed by atoms with E-state index in [9.17, 15) is 13.2 Å². The van der Waals surface area contributed by atoms with Crippen LogP contribution in [0.1, 0.15) is 35.3 Å². The van der Waals surface area contributed by atoms with E-state index in [1.54, 1.807) is 32.0 Å². The molecule has 0 N–H and O–H groups in total. The maximum absolute atomic E-state index is 12.7. The average Bonchev–Trinajstić information content (AvgIpc) is 3.15. The molecule has 0 aromatic heterocycles. The first-order valence-corrected chi connectivity index (χ1v) is 10.2. The number of ether oxygens (including phenoxy) is 1. The van der Waals surface area contributed by atoms with E-state index in [2.05, 4.69) is 21.3 Å². The number of hydrogen-bond acceptors (Lipinski definition) is 5. The molecule has 1 aliphatic heterocycles. The molecule has 30 heavy (non-hydrogen) atoms. The molecule has 0 amide bonds. The van der Waals surface area contributed by atoms with Crippen LogP contribution in [0.25, 0.3) is 0 Å². The third-order valence-corrected chi connectivity index (χ3v) is 5.78. The molecule has 4 nitrogen and oxygen atoms in total. The summed E-state index contributed by atoms with van der Waals surface area (Å²) in [7, 11) is 3.68. The Bertz CT molecular complexity index is 968. The van der Waals surface area contributed by atoms with E-state index >= 15 is 0 Å². The van der Waals surface area contributed by atoms with Gasteiger partial charge in [0.1, 0.15) is 6.10 Å². The molecule has 0 aliphatic carbocycles. The Morgan fingerprint density at radius 2 is 1.87 bits per heavy atom. The SMILES string of the molecule is COC(C1=CN(C)CS1)c1ccccc1C=NN=C(C)c1ccc(C(F)(F)F)cc1. The number of alkyl halides is 3. The maximum atomic E-state index is 12.7. The topological polar surface area (TPSA) is 37.2 Å². The van der Waals surface area contributed by atoms with E-state index in [4.69, 9.17) is 4.74 Å². The minimum absolute atomic E-state index is 0.206. The van der Waals surface area contributed by atoms with Gasteiger partial charge in [-0.25, -0.2) is 0 Å². The first-order chi connectivity index (χ1) is 14.3. The highest BCUT2D eigenvalue weighted by Gasteiger charge is 2.30. The molecular formula is C22H22F3N3OS. The molecule has 0 saturated carbocycles. The van der Waals surface area contributed by atoms with Gasteiger partial charge < -0.3 is 9.64 Å². The first kappa shape index (κ1) is 22.1. The van der Waals surface area contributed by atoms with Crippen LogP contribution in [0.2, 0.25) is 0 Å². The molecule has 0 bridgehead atoms. The molecule has 8 heteroatoms. The van der Waals surface area contributed by atoms with Gasteiger partial charge in [-0.05, 0) is 30.2 Å². The highest BCUT2D eigenvalue weighted by molar-refractivity contribution is 8.03. The fraction of sp³-hybridized carbons (Fsp3) is 0.273. The van der Waals surface area contributed by atoms with Gasteiger partial charge >= 0.3 is 6.18 Å². The van der Waals surface area contributed by atoms with Crippen molar-refractivity contribution < 1.29 is 17.9 Å². The summed E-state index contributed by atoms with van der Waals surface area (Å²) in [6.45, 7) is 1.71. The lowest BCUT2D eigenvalue weighted by molar-refractivity contribution is -0.137. The second-order valence-electron chi connectivity index (χ2n) is 6.81. The smallest absolute Gasteiger partial charge is 0.371 e. The summed E-state index contributed by atoms with van der Waals surface area (Å²) in [6.07, 6.45) is -0.855. The zero-order valence-electron chi connectivity index (χ0n) is 16.8. The third kappa shape index (κ3) is 5.31. The summed E-state index contributed by atoms with van der Waals surface area (Å²) in [5.41, 5.74) is 2.26. The second kappa shape index (κ2) is 9.49. The van der Waals surface area contributed by atoms with Crippen LogP contribution < -0.4 is 0 Å². The van der Waals surface area contributed by atoms with Gasteiger partial charge in [0.05, 0.1) is 23.4 Å². The van der Waals surface area contributed by atoms with Gasteiger partial charge in [-0.3, -0.25) is 0 Å². The van der Waals surface area contributed by atoms with Gasteiger partial charge in [0, 0.05) is 30.8 Å². The molecule has 2 aromatic rings. The predicted octanol–water partition coefficient (Wildman–Crippen LogP) is 5.71. The van der Waals surface area contributed by atoms with Crippen molar-refractivity contribution in [1.82, 2.24) is 4.90 Å². The molecular weight excluding hydrogens is 411 g/mol.